The van der Waals surface area contributed by atoms with Crippen molar-refractivity contribution in [2.45, 2.75) is 17.2 Å². The van der Waals surface area contributed by atoms with Crippen molar-refractivity contribution in [3.63, 3.8) is 0 Å². The fourth-order valence-corrected chi connectivity index (χ4v) is 4.56. The monoisotopic (exact) mass is 295 g/mol. The highest BCUT2D eigenvalue weighted by Crippen LogP contribution is 2.33. The summed E-state index contributed by atoms with van der Waals surface area (Å²) in [5, 5.41) is 0. The van der Waals surface area contributed by atoms with Crippen molar-refractivity contribution in [3.8, 4) is 5.75 Å². The largest absolute Gasteiger partial charge is 0.491 e. The number of hydrogen-bond donors (Lipinski definition) is 1. The zero-order chi connectivity index (χ0) is 13.5. The third-order valence-electron chi connectivity index (χ3n) is 2.98. The van der Waals surface area contributed by atoms with Crippen LogP contribution in [0.2, 0.25) is 0 Å². The number of para-hydroxylation sites is 1. The second-order valence-corrected chi connectivity index (χ2v) is 7.62. The summed E-state index contributed by atoms with van der Waals surface area (Å²) in [5.41, 5.74) is 0.888. The minimum absolute atomic E-state index is 0.316. The van der Waals surface area contributed by atoms with Crippen LogP contribution in [0.5, 0.6) is 5.75 Å². The lowest BCUT2D eigenvalue weighted by Crippen LogP contribution is -2.29. The average molecular weight is 295 g/mol. The lowest BCUT2D eigenvalue weighted by Gasteiger charge is -2.10. The Kier molecular flexibility index (Phi) is 3.08. The molecule has 100 valence electrons. The maximum absolute atomic E-state index is 12.3. The smallest absolute Gasteiger partial charge is 0.250 e. The Balaban J connectivity index is 1.87. The summed E-state index contributed by atoms with van der Waals surface area (Å²) in [6.45, 7) is 2.22. The molecule has 3 rings (SSSR count). The normalized spacial score (nSPS) is 18.1. The minimum atomic E-state index is -3.48. The number of hydrogen-bond acceptors (Lipinski definition) is 4. The Bertz CT molecular complexity index is 706. The number of sulfonamides is 1. The van der Waals surface area contributed by atoms with Gasteiger partial charge in [0, 0.05) is 10.4 Å². The molecular formula is C13H13NO3S2. The predicted octanol–water partition coefficient (Wildman–Crippen LogP) is 2.47. The molecule has 0 saturated carbocycles. The number of aryl methyl sites for hydroxylation is 1. The van der Waals surface area contributed by atoms with Crippen LogP contribution in [0.3, 0.4) is 0 Å². The predicted molar refractivity (Wildman–Crippen MR) is 74.1 cm³/mol. The molecule has 1 aromatic heterocycles. The van der Waals surface area contributed by atoms with Crippen LogP contribution in [0.15, 0.2) is 40.6 Å². The summed E-state index contributed by atoms with van der Waals surface area (Å²) in [5.74, 6) is 0.748. The summed E-state index contributed by atoms with van der Waals surface area (Å²) in [6, 6.07) is 10.6. The van der Waals surface area contributed by atoms with Crippen LogP contribution in [0.25, 0.3) is 0 Å². The van der Waals surface area contributed by atoms with Crippen LogP contribution < -0.4 is 9.46 Å². The average Bonchev–Trinajstić information content (AvgIpc) is 2.97. The zero-order valence-electron chi connectivity index (χ0n) is 10.3. The van der Waals surface area contributed by atoms with E-state index in [9.17, 15) is 8.42 Å². The first-order chi connectivity index (χ1) is 9.06. The van der Waals surface area contributed by atoms with Gasteiger partial charge in [-0.1, -0.05) is 18.2 Å². The first-order valence-corrected chi connectivity index (χ1v) is 8.17. The molecule has 1 atom stereocenters. The molecular weight excluding hydrogens is 282 g/mol. The number of fused-ring (bicyclic) bond motifs is 1. The molecule has 2 heterocycles. The van der Waals surface area contributed by atoms with Gasteiger partial charge in [-0.25, -0.2) is 8.42 Å². The summed E-state index contributed by atoms with van der Waals surface area (Å²) in [7, 11) is -3.48. The third kappa shape index (κ3) is 2.39. The van der Waals surface area contributed by atoms with Gasteiger partial charge in [-0.15, -0.1) is 11.3 Å². The molecule has 0 amide bonds. The van der Waals surface area contributed by atoms with Crippen molar-refractivity contribution in [3.05, 3.63) is 46.8 Å². The first-order valence-electron chi connectivity index (χ1n) is 5.87. The van der Waals surface area contributed by atoms with E-state index in [2.05, 4.69) is 4.72 Å². The molecule has 1 aromatic carbocycles. The zero-order valence-corrected chi connectivity index (χ0v) is 11.9. The molecule has 0 radical (unpaired) electrons. The summed E-state index contributed by atoms with van der Waals surface area (Å²) in [6.07, 6.45) is 0. The van der Waals surface area contributed by atoms with E-state index < -0.39 is 10.0 Å². The van der Waals surface area contributed by atoms with Crippen LogP contribution >= 0.6 is 11.3 Å². The molecule has 1 unspecified atom stereocenters. The van der Waals surface area contributed by atoms with Gasteiger partial charge >= 0.3 is 0 Å². The molecule has 0 fully saturated rings. The molecule has 0 saturated heterocycles. The van der Waals surface area contributed by atoms with Gasteiger partial charge < -0.3 is 4.74 Å². The maximum Gasteiger partial charge on any atom is 0.250 e. The fraction of sp³-hybridized carbons (Fsp3) is 0.231. The van der Waals surface area contributed by atoms with E-state index in [0.29, 0.717) is 10.8 Å². The van der Waals surface area contributed by atoms with Gasteiger partial charge in [0.2, 0.25) is 0 Å². The highest BCUT2D eigenvalue weighted by Gasteiger charge is 2.29. The SMILES string of the molecule is Cc1ccc(S(=O)(=O)NC2COc3ccccc32)s1. The maximum atomic E-state index is 12.3. The standard InChI is InChI=1S/C13H13NO3S2/c1-9-6-7-13(18-9)19(15,16)14-11-8-17-12-5-3-2-4-10(11)12/h2-7,11,14H,8H2,1H3. The molecule has 0 aliphatic carbocycles. The Labute approximate surface area is 116 Å². The van der Waals surface area contributed by atoms with Crippen molar-refractivity contribution in [2.75, 3.05) is 6.61 Å². The fourth-order valence-electron chi connectivity index (χ4n) is 2.06. The van der Waals surface area contributed by atoms with Gasteiger partial charge in [0.05, 0.1) is 6.04 Å². The third-order valence-corrected chi connectivity index (χ3v) is 5.94. The number of benzene rings is 1. The van der Waals surface area contributed by atoms with E-state index in [0.717, 1.165) is 16.2 Å². The Morgan fingerprint density at radius 1 is 1.26 bits per heavy atom. The van der Waals surface area contributed by atoms with E-state index in [1.807, 2.05) is 31.2 Å². The van der Waals surface area contributed by atoms with Crippen LogP contribution in [-0.2, 0) is 10.0 Å². The second-order valence-electron chi connectivity index (χ2n) is 4.39. The van der Waals surface area contributed by atoms with Crippen molar-refractivity contribution in [1.82, 2.24) is 4.72 Å². The lowest BCUT2D eigenvalue weighted by atomic mass is 10.1. The highest BCUT2D eigenvalue weighted by atomic mass is 32.2. The van der Waals surface area contributed by atoms with E-state index in [-0.39, 0.29) is 6.04 Å². The summed E-state index contributed by atoms with van der Waals surface area (Å²) in [4.78, 5) is 0.975. The molecule has 6 heteroatoms. The molecule has 4 nitrogen and oxygen atoms in total. The van der Waals surface area contributed by atoms with Gasteiger partial charge in [0.1, 0.15) is 16.6 Å². The van der Waals surface area contributed by atoms with E-state index in [1.165, 1.54) is 11.3 Å². The van der Waals surface area contributed by atoms with E-state index in [4.69, 9.17) is 4.74 Å². The Hall–Kier alpha value is -1.37. The summed E-state index contributed by atoms with van der Waals surface area (Å²) >= 11 is 1.27. The second kappa shape index (κ2) is 4.63. The Morgan fingerprint density at radius 3 is 2.79 bits per heavy atom. The number of rotatable bonds is 3. The first kappa shape index (κ1) is 12.7. The number of ether oxygens (including phenoxy) is 1. The van der Waals surface area contributed by atoms with Crippen molar-refractivity contribution in [1.29, 1.82) is 0 Å². The summed E-state index contributed by atoms with van der Waals surface area (Å²) < 4.78 is 33.0. The van der Waals surface area contributed by atoms with Gasteiger partial charge in [-0.3, -0.25) is 0 Å². The number of nitrogens with one attached hydrogen (secondary N) is 1. The van der Waals surface area contributed by atoms with Crippen LogP contribution in [0.1, 0.15) is 16.5 Å². The number of thiophene rings is 1. The van der Waals surface area contributed by atoms with Crippen LogP contribution in [0.4, 0.5) is 0 Å². The molecule has 0 spiro atoms. The molecule has 2 aromatic rings. The minimum Gasteiger partial charge on any atom is -0.491 e. The van der Waals surface area contributed by atoms with Crippen molar-refractivity contribution >= 4 is 21.4 Å². The van der Waals surface area contributed by atoms with Crippen LogP contribution in [0, 0.1) is 6.92 Å². The molecule has 19 heavy (non-hydrogen) atoms. The highest BCUT2D eigenvalue weighted by molar-refractivity contribution is 7.91. The quantitative estimate of drug-likeness (QED) is 0.946. The van der Waals surface area contributed by atoms with Gasteiger partial charge in [-0.2, -0.15) is 4.72 Å². The van der Waals surface area contributed by atoms with Crippen LogP contribution in [-0.4, -0.2) is 15.0 Å². The molecule has 1 N–H and O–H groups in total. The Morgan fingerprint density at radius 2 is 2.05 bits per heavy atom. The van der Waals surface area contributed by atoms with Gasteiger partial charge in [0.25, 0.3) is 10.0 Å². The lowest BCUT2D eigenvalue weighted by molar-refractivity contribution is 0.325. The van der Waals surface area contributed by atoms with Crippen molar-refractivity contribution in [2.24, 2.45) is 0 Å². The van der Waals surface area contributed by atoms with Crippen molar-refractivity contribution < 1.29 is 13.2 Å². The van der Waals surface area contributed by atoms with Gasteiger partial charge in [0.15, 0.2) is 0 Å². The topological polar surface area (TPSA) is 55.4 Å². The molecule has 1 aliphatic rings. The van der Waals surface area contributed by atoms with E-state index in [1.54, 1.807) is 12.1 Å². The van der Waals surface area contributed by atoms with E-state index >= 15 is 0 Å². The molecule has 0 bridgehead atoms. The van der Waals surface area contributed by atoms with Gasteiger partial charge in [-0.05, 0) is 25.1 Å². The molecule has 1 aliphatic heterocycles.